The Morgan fingerprint density at radius 1 is 0.898 bits per heavy atom. The number of aliphatic hydroxyl groups is 1. The first-order valence-corrected chi connectivity index (χ1v) is 18.6. The van der Waals surface area contributed by atoms with E-state index in [1.165, 1.54) is 25.2 Å². The number of hydrazone groups is 1. The van der Waals surface area contributed by atoms with Crippen LogP contribution in [0.1, 0.15) is 23.0 Å². The zero-order valence-electron chi connectivity index (χ0n) is 31.1. The fourth-order valence-corrected chi connectivity index (χ4v) is 6.58. The minimum absolute atomic E-state index is 0. The van der Waals surface area contributed by atoms with Crippen molar-refractivity contribution in [3.63, 3.8) is 0 Å². The van der Waals surface area contributed by atoms with Crippen molar-refractivity contribution in [1.82, 2.24) is 9.78 Å². The molecule has 1 aliphatic heterocycles. The molecule has 0 bridgehead atoms. The van der Waals surface area contributed by atoms with E-state index in [1.807, 2.05) is 0 Å². The van der Waals surface area contributed by atoms with Crippen LogP contribution in [0.3, 0.4) is 0 Å². The Morgan fingerprint density at radius 3 is 1.95 bits per heavy atom. The number of aromatic nitrogens is 2. The largest absolute Gasteiger partial charge is 1.00 e. The van der Waals surface area contributed by atoms with Gasteiger partial charge in [-0.15, -0.1) is 0 Å². The molecule has 3 aromatic rings. The van der Waals surface area contributed by atoms with Gasteiger partial charge in [-0.05, 0) is 49.4 Å². The molecule has 0 saturated heterocycles. The van der Waals surface area contributed by atoms with E-state index in [0.717, 1.165) is 48.6 Å². The van der Waals surface area contributed by atoms with Crippen molar-refractivity contribution in [1.29, 1.82) is 0 Å². The molecule has 2 N–H and O–H groups in total. The Morgan fingerprint density at radius 2 is 1.44 bits per heavy atom. The SMILES string of the molecule is C#COC(=O)C1=NN(c2cc(SOO[O-])ccc2S(=O)(=O)[O-])C(O)/C1=C\C=CC=Cc1c(C(=O)OCC)nn(-c2cc(SOO[O-])ccc2S(=O)(=O)[O-])c1O.[K+].[K+].[K+].[K+]. The number of hydrogen-bond acceptors (Lipinski definition) is 23. The number of nitrogens with zero attached hydrogens (tertiary/aromatic N) is 4. The van der Waals surface area contributed by atoms with E-state index in [2.05, 4.69) is 33.7 Å². The van der Waals surface area contributed by atoms with Crippen LogP contribution in [-0.2, 0) is 53.2 Å². The van der Waals surface area contributed by atoms with Crippen molar-refractivity contribution >= 4 is 73.7 Å². The second kappa shape index (κ2) is 28.5. The third-order valence-electron chi connectivity index (χ3n) is 6.65. The van der Waals surface area contributed by atoms with Gasteiger partial charge in [-0.3, -0.25) is 10.1 Å². The van der Waals surface area contributed by atoms with Gasteiger partial charge in [-0.1, -0.05) is 30.7 Å². The summed E-state index contributed by atoms with van der Waals surface area (Å²) in [5.74, 6) is -3.24. The van der Waals surface area contributed by atoms with Crippen LogP contribution in [-0.4, -0.2) is 76.4 Å². The molecule has 1 aliphatic rings. The second-order valence-electron chi connectivity index (χ2n) is 9.86. The molecule has 0 amide bonds. The van der Waals surface area contributed by atoms with Crippen molar-refractivity contribution in [2.24, 2.45) is 5.10 Å². The maximum atomic E-state index is 12.8. The predicted molar refractivity (Wildman–Crippen MR) is 177 cm³/mol. The summed E-state index contributed by atoms with van der Waals surface area (Å²) in [7, 11) is -10.5. The van der Waals surface area contributed by atoms with E-state index in [-0.39, 0.29) is 233 Å². The molecule has 1 unspecified atom stereocenters. The van der Waals surface area contributed by atoms with Gasteiger partial charge in [0, 0.05) is 15.4 Å². The molecule has 2 heterocycles. The van der Waals surface area contributed by atoms with Gasteiger partial charge in [-0.2, -0.15) is 23.5 Å². The van der Waals surface area contributed by atoms with Gasteiger partial charge in [0.2, 0.25) is 5.88 Å². The van der Waals surface area contributed by atoms with Crippen molar-refractivity contribution in [2.75, 3.05) is 11.6 Å². The van der Waals surface area contributed by atoms with E-state index in [0.29, 0.717) is 33.8 Å². The van der Waals surface area contributed by atoms with E-state index < -0.39 is 76.9 Å². The van der Waals surface area contributed by atoms with Crippen LogP contribution >= 0.6 is 24.1 Å². The number of rotatable bonds is 16. The number of anilines is 1. The quantitative estimate of drug-likeness (QED) is 0.0197. The normalized spacial score (nSPS) is 14.5. The summed E-state index contributed by atoms with van der Waals surface area (Å²) in [4.78, 5) is 23.7. The molecule has 0 fully saturated rings. The van der Waals surface area contributed by atoms with Gasteiger partial charge >= 0.3 is 217 Å². The van der Waals surface area contributed by atoms with E-state index >= 15 is 0 Å². The number of carbonyl (C=O) groups is 2. The summed E-state index contributed by atoms with van der Waals surface area (Å²) in [5, 5.41) is 57.7. The third kappa shape index (κ3) is 16.4. The summed E-state index contributed by atoms with van der Waals surface area (Å²) in [6.45, 7) is 1.31. The summed E-state index contributed by atoms with van der Waals surface area (Å²) in [6, 6.07) is 5.75. The van der Waals surface area contributed by atoms with Crippen molar-refractivity contribution in [3.8, 4) is 24.1 Å². The Bertz CT molecular complexity index is 2370. The maximum Gasteiger partial charge on any atom is 1.00 e. The Hall–Kier alpha value is 1.43. The van der Waals surface area contributed by atoms with Crippen LogP contribution in [0.15, 0.2) is 91.0 Å². The van der Waals surface area contributed by atoms with Crippen LogP contribution in [0.25, 0.3) is 11.8 Å². The van der Waals surface area contributed by atoms with Crippen molar-refractivity contribution < 1.29 is 290 Å². The Labute approximate surface area is 513 Å². The van der Waals surface area contributed by atoms with E-state index in [4.69, 9.17) is 11.2 Å². The fourth-order valence-electron chi connectivity index (χ4n) is 4.53. The number of aliphatic hydroxyl groups excluding tert-OH is 1. The van der Waals surface area contributed by atoms with Crippen LogP contribution in [0.2, 0.25) is 0 Å². The molecule has 0 aliphatic carbocycles. The van der Waals surface area contributed by atoms with Gasteiger partial charge < -0.3 is 39.3 Å². The fraction of sp³-hybridized carbons (Fsp3) is 0.103. The topological polar surface area (TPSA) is 324 Å². The molecule has 30 heteroatoms. The summed E-state index contributed by atoms with van der Waals surface area (Å²) < 4.78 is 90.7. The zero-order chi connectivity index (χ0) is 40.5. The number of terminal acetylenes is 1. The molecule has 4 rings (SSSR count). The number of ether oxygens (including phenoxy) is 2. The minimum Gasteiger partial charge on any atom is -0.744 e. The Balaban J connectivity index is 0.00000841. The smallest absolute Gasteiger partial charge is 0.744 e. The van der Waals surface area contributed by atoms with Gasteiger partial charge in [0.1, 0.15) is 26.3 Å². The standard InChI is InChI=1S/C29H24N4O18S4.4K/c1-3-46-28(36)24-18(26(34)32(30-24)20-14-16(52-50-48-38)10-12-22(20)54(40,41)42)8-6-5-7-9-19-25(29(37)47-4-2)31-33(27(19)35)21-15-17(53-51-49-39)11-13-23(21)55(43,44)45;;;;/h1,5-15,26,34-35,38-39H,4H2,2H3,(H,40,41,42)(H,43,44,45);;;;/q;4*+1/p-4/b6-5?,9-7?,18-8-;;;;. The first-order valence-electron chi connectivity index (χ1n) is 14.3. The minimum atomic E-state index is -5.23. The number of aromatic hydroxyl groups is 1. The molecule has 0 radical (unpaired) electrons. The van der Waals surface area contributed by atoms with Crippen LogP contribution in [0.4, 0.5) is 5.69 Å². The molecule has 2 aromatic carbocycles. The maximum absolute atomic E-state index is 12.8. The molecule has 292 valence electrons. The molecule has 0 saturated carbocycles. The molecular weight excluding hydrogens is 977 g/mol. The number of benzene rings is 2. The molecule has 22 nitrogen and oxygen atoms in total. The monoisotopic (exact) mass is 996 g/mol. The van der Waals surface area contributed by atoms with Crippen LogP contribution in [0, 0.1) is 12.5 Å². The van der Waals surface area contributed by atoms with Gasteiger partial charge in [-0.25, -0.2) is 31.4 Å². The van der Waals surface area contributed by atoms with Gasteiger partial charge in [0.15, 0.2) is 17.6 Å². The first-order chi connectivity index (χ1) is 26.1. The van der Waals surface area contributed by atoms with Gasteiger partial charge in [0.05, 0.1) is 57.4 Å². The number of carbonyl (C=O) groups excluding carboxylic acids is 2. The molecule has 1 atom stereocenters. The molecular formula is C29H20K4N4O18S4. The molecule has 1 aromatic heterocycles. The van der Waals surface area contributed by atoms with Crippen LogP contribution in [0.5, 0.6) is 5.88 Å². The second-order valence-corrected chi connectivity index (χ2v) is 14.1. The zero-order valence-corrected chi connectivity index (χ0v) is 46.8. The third-order valence-corrected chi connectivity index (χ3v) is 9.56. The number of esters is 2. The van der Waals surface area contributed by atoms with Crippen molar-refractivity contribution in [2.45, 2.75) is 32.7 Å². The van der Waals surface area contributed by atoms with E-state index in [1.54, 1.807) is 6.11 Å². The average molecular weight is 997 g/mol. The number of allylic oxidation sites excluding steroid dienone is 4. The van der Waals surface area contributed by atoms with Gasteiger partial charge in [0.25, 0.3) is 0 Å². The summed E-state index contributed by atoms with van der Waals surface area (Å²) in [6.07, 6.45) is 10.5. The summed E-state index contributed by atoms with van der Waals surface area (Å²) in [5.41, 5.74) is -3.04. The first kappa shape index (κ1) is 60.4. The molecule has 0 spiro atoms. The average Bonchev–Trinajstić information content (AvgIpc) is 3.64. The van der Waals surface area contributed by atoms with Crippen LogP contribution < -0.4 is 221 Å². The molecule has 59 heavy (non-hydrogen) atoms. The summed E-state index contributed by atoms with van der Waals surface area (Å²) >= 11 is 0.619. The van der Waals surface area contributed by atoms with Crippen molar-refractivity contribution in [3.05, 3.63) is 77.5 Å². The van der Waals surface area contributed by atoms with E-state index in [9.17, 15) is 56.3 Å². The number of hydrogen-bond donors (Lipinski definition) is 2. The Kier molecular flexibility index (Phi) is 29.1. The predicted octanol–water partition coefficient (Wildman–Crippen LogP) is -12.1.